The average Bonchev–Trinajstić information content (AvgIpc) is 3.26. The van der Waals surface area contributed by atoms with Crippen molar-refractivity contribution in [2.75, 3.05) is 29.0 Å². The summed E-state index contributed by atoms with van der Waals surface area (Å²) >= 11 is 1.01. The summed E-state index contributed by atoms with van der Waals surface area (Å²) in [6, 6.07) is 2.77. The molecule has 1 atom stereocenters. The van der Waals surface area contributed by atoms with Gasteiger partial charge in [-0.05, 0) is 43.7 Å². The molecule has 180 valence electrons. The van der Waals surface area contributed by atoms with Gasteiger partial charge in [0.05, 0.1) is 6.20 Å². The molecular formula is C23H28FN7O2S. The maximum Gasteiger partial charge on any atom is 0.277 e. The van der Waals surface area contributed by atoms with Gasteiger partial charge in [-0.3, -0.25) is 14.5 Å². The molecule has 0 bridgehead atoms. The lowest BCUT2D eigenvalue weighted by Crippen LogP contribution is -2.29. The van der Waals surface area contributed by atoms with Crippen molar-refractivity contribution in [1.82, 2.24) is 19.7 Å². The number of nitrogens with one attached hydrogen (secondary N) is 1. The van der Waals surface area contributed by atoms with Crippen LogP contribution in [-0.2, 0) is 11.8 Å². The van der Waals surface area contributed by atoms with E-state index in [1.54, 1.807) is 17.8 Å². The van der Waals surface area contributed by atoms with Gasteiger partial charge < -0.3 is 20.7 Å². The summed E-state index contributed by atoms with van der Waals surface area (Å²) in [5, 5.41) is 7.63. The van der Waals surface area contributed by atoms with Crippen molar-refractivity contribution in [3.63, 3.8) is 0 Å². The molecule has 3 aromatic heterocycles. The number of nitrogens with two attached hydrogens (primary N) is 1. The first-order valence-corrected chi connectivity index (χ1v) is 11.9. The third-order valence-electron chi connectivity index (χ3n) is 6.15. The smallest absolute Gasteiger partial charge is 0.277 e. The average molecular weight is 486 g/mol. The van der Waals surface area contributed by atoms with Gasteiger partial charge in [-0.15, -0.1) is 0 Å². The molecule has 1 saturated heterocycles. The highest BCUT2D eigenvalue weighted by Crippen LogP contribution is 2.37. The molecule has 1 amide bonds. The van der Waals surface area contributed by atoms with Crippen LogP contribution in [0.5, 0.6) is 0 Å². The van der Waals surface area contributed by atoms with Crippen LogP contribution in [-0.4, -0.2) is 44.5 Å². The Hall–Kier alpha value is -3.34. The van der Waals surface area contributed by atoms with E-state index < -0.39 is 11.7 Å². The quantitative estimate of drug-likeness (QED) is 0.544. The lowest BCUT2D eigenvalue weighted by molar-refractivity contribution is -0.119. The van der Waals surface area contributed by atoms with E-state index >= 15 is 0 Å². The van der Waals surface area contributed by atoms with E-state index in [2.05, 4.69) is 32.2 Å². The number of ketones is 1. The summed E-state index contributed by atoms with van der Waals surface area (Å²) in [7, 11) is 1.82. The Morgan fingerprint density at radius 2 is 2.12 bits per heavy atom. The van der Waals surface area contributed by atoms with Gasteiger partial charge in [0.2, 0.25) is 0 Å². The number of aromatic nitrogens is 4. The molecule has 0 aliphatic carbocycles. The van der Waals surface area contributed by atoms with Gasteiger partial charge in [0.1, 0.15) is 27.2 Å². The molecule has 0 saturated carbocycles. The van der Waals surface area contributed by atoms with Gasteiger partial charge in [0.25, 0.3) is 5.91 Å². The van der Waals surface area contributed by atoms with E-state index in [0.29, 0.717) is 12.1 Å². The Bertz CT molecular complexity index is 1220. The fourth-order valence-corrected chi connectivity index (χ4v) is 5.37. The van der Waals surface area contributed by atoms with Gasteiger partial charge >= 0.3 is 0 Å². The summed E-state index contributed by atoms with van der Waals surface area (Å²) < 4.78 is 15.8. The van der Waals surface area contributed by atoms with Crippen LogP contribution < -0.4 is 16.0 Å². The van der Waals surface area contributed by atoms with E-state index in [4.69, 9.17) is 5.73 Å². The number of hydrogen-bond donors (Lipinski definition) is 2. The molecule has 1 fully saturated rings. The van der Waals surface area contributed by atoms with Gasteiger partial charge in [-0.2, -0.15) is 5.10 Å². The van der Waals surface area contributed by atoms with Crippen molar-refractivity contribution in [1.29, 1.82) is 0 Å². The van der Waals surface area contributed by atoms with Crippen LogP contribution in [0.25, 0.3) is 10.7 Å². The molecule has 1 aliphatic rings. The third-order valence-corrected chi connectivity index (χ3v) is 7.05. The molecule has 4 heterocycles. The van der Waals surface area contributed by atoms with Gasteiger partial charge in [-0.1, -0.05) is 18.3 Å². The Kier molecular flexibility index (Phi) is 6.65. The minimum Gasteiger partial charge on any atom is -0.389 e. The summed E-state index contributed by atoms with van der Waals surface area (Å²) in [6.45, 7) is 5.34. The van der Waals surface area contributed by atoms with Gasteiger partial charge in [0, 0.05) is 32.8 Å². The summed E-state index contributed by atoms with van der Waals surface area (Å²) in [4.78, 5) is 35.2. The highest BCUT2D eigenvalue weighted by atomic mass is 32.1. The SMILES string of the molecule is CC(=O)CC1(C)CCCN(c2c(NC(=O)c3nc(-c4ncccc4F)sc3N)cnn2C)CC1. The number of pyridine rings is 1. The molecule has 34 heavy (non-hydrogen) atoms. The highest BCUT2D eigenvalue weighted by molar-refractivity contribution is 7.19. The fraction of sp³-hybridized carbons (Fsp3) is 0.435. The highest BCUT2D eigenvalue weighted by Gasteiger charge is 2.31. The van der Waals surface area contributed by atoms with Gasteiger partial charge in [-0.25, -0.2) is 9.37 Å². The maximum atomic E-state index is 14.1. The van der Waals surface area contributed by atoms with E-state index in [-0.39, 0.29) is 32.6 Å². The number of carbonyl (C=O) groups is 2. The van der Waals surface area contributed by atoms with Crippen LogP contribution in [0.15, 0.2) is 24.5 Å². The number of aryl methyl sites for hydroxylation is 1. The molecule has 9 nitrogen and oxygen atoms in total. The standard InChI is InChI=1S/C23H28FN7O2S/c1-14(32)12-23(2)7-5-10-31(11-8-23)22-16(13-27-30(22)3)28-20(33)18-19(25)34-21(29-18)17-15(24)6-4-9-26-17/h4,6,9,13H,5,7-8,10-12,25H2,1-3H3,(H,28,33). The zero-order chi connectivity index (χ0) is 24.5. The second kappa shape index (κ2) is 9.49. The zero-order valence-corrected chi connectivity index (χ0v) is 20.3. The fourth-order valence-electron chi connectivity index (χ4n) is 4.54. The van der Waals surface area contributed by atoms with Crippen molar-refractivity contribution in [2.45, 2.75) is 39.5 Å². The summed E-state index contributed by atoms with van der Waals surface area (Å²) in [5.41, 5.74) is 6.63. The number of hydrogen-bond acceptors (Lipinski definition) is 8. The monoisotopic (exact) mass is 485 g/mol. The number of nitrogen functional groups attached to an aromatic ring is 1. The minimum atomic E-state index is -0.532. The number of thiazole rings is 1. The van der Waals surface area contributed by atoms with Crippen LogP contribution in [0, 0.1) is 11.2 Å². The normalized spacial score (nSPS) is 18.5. The zero-order valence-electron chi connectivity index (χ0n) is 19.5. The van der Waals surface area contributed by atoms with Crippen LogP contribution in [0.3, 0.4) is 0 Å². The topological polar surface area (TPSA) is 119 Å². The number of anilines is 3. The minimum absolute atomic E-state index is 0.0183. The number of rotatable bonds is 6. The Labute approximate surface area is 201 Å². The van der Waals surface area contributed by atoms with Crippen LogP contribution in [0.4, 0.5) is 20.9 Å². The lowest BCUT2D eigenvalue weighted by Gasteiger charge is -2.28. The number of carbonyl (C=O) groups excluding carboxylic acids is 2. The molecule has 0 aromatic carbocycles. The molecule has 0 spiro atoms. The summed E-state index contributed by atoms with van der Waals surface area (Å²) in [5.74, 6) is -0.0435. The molecule has 11 heteroatoms. The molecule has 3 aromatic rings. The van der Waals surface area contributed by atoms with Crippen molar-refractivity contribution in [3.8, 4) is 10.7 Å². The van der Waals surface area contributed by atoms with Crippen LogP contribution in [0.2, 0.25) is 0 Å². The van der Waals surface area contributed by atoms with Crippen molar-refractivity contribution in [2.24, 2.45) is 12.5 Å². The molecule has 4 rings (SSSR count). The van der Waals surface area contributed by atoms with E-state index in [0.717, 1.165) is 49.5 Å². The molecule has 1 aliphatic heterocycles. The first-order valence-electron chi connectivity index (χ1n) is 11.1. The van der Waals surface area contributed by atoms with E-state index in [1.165, 1.54) is 18.3 Å². The van der Waals surface area contributed by atoms with Crippen LogP contribution >= 0.6 is 11.3 Å². The lowest BCUT2D eigenvalue weighted by atomic mass is 9.79. The number of nitrogens with zero attached hydrogens (tertiary/aromatic N) is 5. The number of Topliss-reactive ketones (excluding diaryl/α,β-unsaturated/α-hetero) is 1. The second-order valence-electron chi connectivity index (χ2n) is 9.06. The molecule has 0 radical (unpaired) electrons. The molecular weight excluding hydrogens is 457 g/mol. The largest absolute Gasteiger partial charge is 0.389 e. The Balaban J connectivity index is 1.54. The van der Waals surface area contributed by atoms with E-state index in [1.807, 2.05) is 7.05 Å². The maximum absolute atomic E-state index is 14.1. The van der Waals surface area contributed by atoms with Crippen molar-refractivity contribution in [3.05, 3.63) is 36.0 Å². The van der Waals surface area contributed by atoms with Crippen LogP contribution in [0.1, 0.15) is 50.0 Å². The summed E-state index contributed by atoms with van der Waals surface area (Å²) in [6.07, 6.45) is 6.38. The van der Waals surface area contributed by atoms with Crippen molar-refractivity contribution < 1.29 is 14.0 Å². The first-order chi connectivity index (χ1) is 16.2. The molecule has 1 unspecified atom stereocenters. The molecule has 3 N–H and O–H groups in total. The Morgan fingerprint density at radius 3 is 2.85 bits per heavy atom. The number of halogens is 1. The second-order valence-corrected chi connectivity index (χ2v) is 10.1. The third kappa shape index (κ3) is 4.93. The Morgan fingerprint density at radius 1 is 1.32 bits per heavy atom. The predicted octanol–water partition coefficient (Wildman–Crippen LogP) is 3.89. The van der Waals surface area contributed by atoms with Crippen molar-refractivity contribution >= 4 is 39.5 Å². The number of amides is 1. The van der Waals surface area contributed by atoms with Gasteiger partial charge in [0.15, 0.2) is 17.3 Å². The van der Waals surface area contributed by atoms with E-state index in [9.17, 15) is 14.0 Å². The predicted molar refractivity (Wildman–Crippen MR) is 130 cm³/mol. The first kappa shape index (κ1) is 23.8.